The number of amides is 1. The van der Waals surface area contributed by atoms with Gasteiger partial charge in [-0.25, -0.2) is 0 Å². The van der Waals surface area contributed by atoms with Crippen molar-refractivity contribution in [2.45, 2.75) is 12.8 Å². The maximum Gasteiger partial charge on any atom is 0.416 e. The van der Waals surface area contributed by atoms with Crippen LogP contribution >= 0.6 is 11.3 Å². The van der Waals surface area contributed by atoms with E-state index in [1.807, 2.05) is 0 Å². The molecule has 146 valence electrons. The molecule has 0 saturated carbocycles. The van der Waals surface area contributed by atoms with Crippen LogP contribution in [0, 0.1) is 0 Å². The van der Waals surface area contributed by atoms with Gasteiger partial charge in [0.2, 0.25) is 0 Å². The van der Waals surface area contributed by atoms with Crippen molar-refractivity contribution in [2.75, 3.05) is 12.4 Å². The summed E-state index contributed by atoms with van der Waals surface area (Å²) in [4.78, 5) is 12.7. The van der Waals surface area contributed by atoms with E-state index in [2.05, 4.69) is 5.32 Å². The number of alkyl halides is 3. The molecule has 2 aromatic carbocycles. The quantitative estimate of drug-likeness (QED) is 0.578. The number of carbonyl (C=O) groups is 1. The molecule has 0 spiro atoms. The first-order chi connectivity index (χ1) is 13.3. The maximum atomic E-state index is 12.8. The van der Waals surface area contributed by atoms with E-state index in [0.29, 0.717) is 16.4 Å². The predicted octanol–water partition coefficient (Wildman–Crippen LogP) is 5.61. The van der Waals surface area contributed by atoms with Crippen LogP contribution in [0.15, 0.2) is 60.0 Å². The third kappa shape index (κ3) is 5.04. The number of benzene rings is 2. The molecule has 0 aliphatic carbocycles. The summed E-state index contributed by atoms with van der Waals surface area (Å²) in [5.41, 5.74) is 0.0493. The van der Waals surface area contributed by atoms with Crippen LogP contribution < -0.4 is 14.8 Å². The lowest BCUT2D eigenvalue weighted by Gasteiger charge is -2.09. The first-order valence-corrected chi connectivity index (χ1v) is 9.06. The Morgan fingerprint density at radius 3 is 2.57 bits per heavy atom. The zero-order valence-corrected chi connectivity index (χ0v) is 15.6. The second-order valence-electron chi connectivity index (χ2n) is 5.82. The van der Waals surface area contributed by atoms with Crippen LogP contribution in [0.4, 0.5) is 18.9 Å². The monoisotopic (exact) mass is 407 g/mol. The van der Waals surface area contributed by atoms with Gasteiger partial charge in [-0.3, -0.25) is 4.79 Å². The molecule has 0 aliphatic rings. The summed E-state index contributed by atoms with van der Waals surface area (Å²) in [6, 6.07) is 13.3. The van der Waals surface area contributed by atoms with Crippen molar-refractivity contribution in [3.63, 3.8) is 0 Å². The van der Waals surface area contributed by atoms with Crippen LogP contribution in [0.2, 0.25) is 0 Å². The Hall–Kier alpha value is -3.00. The Kier molecular flexibility index (Phi) is 5.89. The van der Waals surface area contributed by atoms with Crippen LogP contribution in [-0.2, 0) is 12.8 Å². The number of carbonyl (C=O) groups excluding carboxylic acids is 1. The lowest BCUT2D eigenvalue weighted by Crippen LogP contribution is -2.12. The molecule has 0 radical (unpaired) electrons. The molecular weight excluding hydrogens is 391 g/mol. The van der Waals surface area contributed by atoms with Crippen molar-refractivity contribution in [1.29, 1.82) is 0 Å². The molecule has 8 heteroatoms. The van der Waals surface area contributed by atoms with Gasteiger partial charge in [-0.2, -0.15) is 13.2 Å². The van der Waals surface area contributed by atoms with Crippen LogP contribution in [0.1, 0.15) is 20.8 Å². The Morgan fingerprint density at radius 2 is 1.82 bits per heavy atom. The summed E-state index contributed by atoms with van der Waals surface area (Å²) in [7, 11) is 1.56. The maximum absolute atomic E-state index is 12.8. The largest absolute Gasteiger partial charge is 0.497 e. The molecule has 0 fully saturated rings. The first kappa shape index (κ1) is 19.8. The van der Waals surface area contributed by atoms with Gasteiger partial charge in [-0.1, -0.05) is 12.1 Å². The number of rotatable bonds is 6. The second kappa shape index (κ2) is 8.35. The van der Waals surface area contributed by atoms with Crippen LogP contribution in [0.5, 0.6) is 11.5 Å². The highest BCUT2D eigenvalue weighted by atomic mass is 32.1. The zero-order valence-electron chi connectivity index (χ0n) is 14.7. The Bertz CT molecular complexity index is 969. The van der Waals surface area contributed by atoms with Gasteiger partial charge in [0.25, 0.3) is 5.91 Å². The smallest absolute Gasteiger partial charge is 0.416 e. The molecule has 1 amide bonds. The first-order valence-electron chi connectivity index (χ1n) is 8.18. The van der Waals surface area contributed by atoms with Gasteiger partial charge >= 0.3 is 6.18 Å². The molecule has 3 aromatic rings. The fourth-order valence-electron chi connectivity index (χ4n) is 2.39. The second-order valence-corrected chi connectivity index (χ2v) is 6.73. The summed E-state index contributed by atoms with van der Waals surface area (Å²) >= 11 is 1.19. The van der Waals surface area contributed by atoms with Crippen molar-refractivity contribution in [1.82, 2.24) is 0 Å². The number of hydrogen-bond acceptors (Lipinski definition) is 4. The average molecular weight is 407 g/mol. The molecule has 4 nitrogen and oxygen atoms in total. The van der Waals surface area contributed by atoms with Gasteiger partial charge in [-0.05, 0) is 41.8 Å². The number of ether oxygens (including phenoxy) is 2. The van der Waals surface area contributed by atoms with Crippen molar-refractivity contribution >= 4 is 22.9 Å². The molecule has 1 aromatic heterocycles. The van der Waals surface area contributed by atoms with E-state index in [1.54, 1.807) is 42.8 Å². The molecular formula is C20H16F3NO3S. The Morgan fingerprint density at radius 1 is 1.07 bits per heavy atom. The van der Waals surface area contributed by atoms with Crippen molar-refractivity contribution < 1.29 is 27.4 Å². The summed E-state index contributed by atoms with van der Waals surface area (Å²) in [6.45, 7) is 0.251. The lowest BCUT2D eigenvalue weighted by molar-refractivity contribution is -0.137. The van der Waals surface area contributed by atoms with E-state index in [4.69, 9.17) is 9.47 Å². The number of anilines is 1. The minimum absolute atomic E-state index is 0.0856. The van der Waals surface area contributed by atoms with E-state index >= 15 is 0 Å². The molecule has 0 aliphatic heterocycles. The highest BCUT2D eigenvalue weighted by Gasteiger charge is 2.30. The molecule has 1 N–H and O–H groups in total. The topological polar surface area (TPSA) is 47.6 Å². The number of thiophene rings is 1. The van der Waals surface area contributed by atoms with Gasteiger partial charge in [-0.15, -0.1) is 11.3 Å². The standard InChI is InChI=1S/C20H16F3NO3S/c1-26-16-6-3-7-17(10-16)27-11-13-8-18(28-12-13)19(25)24-15-5-2-4-14(9-15)20(21,22)23/h2-10,12H,11H2,1H3,(H,24,25). The fraction of sp³-hybridized carbons (Fsp3) is 0.150. The van der Waals surface area contributed by atoms with E-state index < -0.39 is 17.6 Å². The third-order valence-corrected chi connectivity index (χ3v) is 4.75. The van der Waals surface area contributed by atoms with Crippen molar-refractivity contribution in [3.05, 3.63) is 76.0 Å². The molecule has 0 unspecified atom stereocenters. The Balaban J connectivity index is 1.62. The van der Waals surface area contributed by atoms with E-state index in [0.717, 1.165) is 17.7 Å². The molecule has 0 bridgehead atoms. The van der Waals surface area contributed by atoms with E-state index in [1.165, 1.54) is 23.5 Å². The summed E-state index contributed by atoms with van der Waals surface area (Å²) in [5.74, 6) is 0.821. The third-order valence-electron chi connectivity index (χ3n) is 3.77. The molecule has 0 saturated heterocycles. The summed E-state index contributed by atoms with van der Waals surface area (Å²) < 4.78 is 49.1. The molecule has 1 heterocycles. The summed E-state index contributed by atoms with van der Waals surface area (Å²) in [5, 5.41) is 4.25. The Labute approximate surface area is 163 Å². The van der Waals surface area contributed by atoms with Gasteiger partial charge < -0.3 is 14.8 Å². The predicted molar refractivity (Wildman–Crippen MR) is 101 cm³/mol. The van der Waals surface area contributed by atoms with Crippen molar-refractivity contribution in [3.8, 4) is 11.5 Å². The highest BCUT2D eigenvalue weighted by Crippen LogP contribution is 2.31. The molecule has 3 rings (SSSR count). The van der Waals surface area contributed by atoms with Crippen molar-refractivity contribution in [2.24, 2.45) is 0 Å². The van der Waals surface area contributed by atoms with Gasteiger partial charge in [0.1, 0.15) is 18.1 Å². The molecule has 0 atom stereocenters. The minimum Gasteiger partial charge on any atom is -0.497 e. The number of methoxy groups -OCH3 is 1. The van der Waals surface area contributed by atoms with Crippen LogP contribution in [-0.4, -0.2) is 13.0 Å². The average Bonchev–Trinajstić information content (AvgIpc) is 3.15. The van der Waals surface area contributed by atoms with E-state index in [9.17, 15) is 18.0 Å². The molecule has 28 heavy (non-hydrogen) atoms. The van der Waals surface area contributed by atoms with Crippen LogP contribution in [0.3, 0.4) is 0 Å². The highest BCUT2D eigenvalue weighted by molar-refractivity contribution is 7.12. The summed E-state index contributed by atoms with van der Waals surface area (Å²) in [6.07, 6.45) is -4.46. The van der Waals surface area contributed by atoms with Gasteiger partial charge in [0.15, 0.2) is 0 Å². The normalized spacial score (nSPS) is 11.1. The minimum atomic E-state index is -4.46. The number of hydrogen-bond donors (Lipinski definition) is 1. The van der Waals surface area contributed by atoms with Gasteiger partial charge in [0, 0.05) is 17.3 Å². The fourth-order valence-corrected chi connectivity index (χ4v) is 3.19. The lowest BCUT2D eigenvalue weighted by atomic mass is 10.2. The van der Waals surface area contributed by atoms with Crippen LogP contribution in [0.25, 0.3) is 0 Å². The number of halogens is 3. The van der Waals surface area contributed by atoms with E-state index in [-0.39, 0.29) is 12.3 Å². The zero-order chi connectivity index (χ0) is 20.1. The van der Waals surface area contributed by atoms with Gasteiger partial charge in [0.05, 0.1) is 17.6 Å². The SMILES string of the molecule is COc1cccc(OCc2csc(C(=O)Nc3cccc(C(F)(F)F)c3)c2)c1. The number of nitrogens with one attached hydrogen (secondary N) is 1.